The number of hydrogen-bond donors (Lipinski definition) is 2. The average Bonchev–Trinajstić information content (AvgIpc) is 2.25. The first kappa shape index (κ1) is 16.7. The van der Waals surface area contributed by atoms with Crippen molar-refractivity contribution in [2.75, 3.05) is 0 Å². The monoisotopic (exact) mass is 277 g/mol. The zero-order valence-corrected chi connectivity index (χ0v) is 13.4. The third-order valence-electron chi connectivity index (χ3n) is 3.14. The zero-order valence-electron chi connectivity index (χ0n) is 13.4. The van der Waals surface area contributed by atoms with E-state index in [9.17, 15) is 9.90 Å². The topological polar surface area (TPSA) is 49.3 Å². The van der Waals surface area contributed by atoms with E-state index < -0.39 is 12.0 Å². The quantitative estimate of drug-likeness (QED) is 0.887. The fraction of sp³-hybridized carbons (Fsp3) is 0.588. The molecular formula is C17H27NO2. The van der Waals surface area contributed by atoms with Crippen LogP contribution in [-0.2, 0) is 16.6 Å². The molecule has 3 heteroatoms. The van der Waals surface area contributed by atoms with Gasteiger partial charge in [-0.2, -0.15) is 0 Å². The minimum Gasteiger partial charge on any atom is -0.480 e. The zero-order chi connectivity index (χ0) is 15.6. The molecule has 0 heterocycles. The van der Waals surface area contributed by atoms with Crippen LogP contribution in [0.15, 0.2) is 24.3 Å². The van der Waals surface area contributed by atoms with Crippen LogP contribution in [0, 0.1) is 0 Å². The summed E-state index contributed by atoms with van der Waals surface area (Å²) in [6.07, 6.45) is 0.497. The van der Waals surface area contributed by atoms with Gasteiger partial charge in [0, 0.05) is 5.54 Å². The Labute approximate surface area is 122 Å². The van der Waals surface area contributed by atoms with Crippen molar-refractivity contribution in [2.24, 2.45) is 0 Å². The number of rotatable bonds is 4. The van der Waals surface area contributed by atoms with Gasteiger partial charge in [0.1, 0.15) is 6.04 Å². The van der Waals surface area contributed by atoms with E-state index in [2.05, 4.69) is 38.2 Å². The van der Waals surface area contributed by atoms with Crippen molar-refractivity contribution < 1.29 is 9.90 Å². The lowest BCUT2D eigenvalue weighted by Crippen LogP contribution is -2.48. The van der Waals surface area contributed by atoms with Crippen molar-refractivity contribution in [3.8, 4) is 0 Å². The van der Waals surface area contributed by atoms with Crippen LogP contribution in [0.25, 0.3) is 0 Å². The summed E-state index contributed by atoms with van der Waals surface area (Å²) >= 11 is 0. The molecule has 112 valence electrons. The van der Waals surface area contributed by atoms with Crippen LogP contribution in [0.3, 0.4) is 0 Å². The third-order valence-corrected chi connectivity index (χ3v) is 3.14. The number of carboxylic acid groups (broad SMARTS) is 1. The number of hydrogen-bond acceptors (Lipinski definition) is 2. The van der Waals surface area contributed by atoms with Crippen molar-refractivity contribution in [2.45, 2.75) is 65.0 Å². The fourth-order valence-electron chi connectivity index (χ4n) is 2.12. The Balaban J connectivity index is 2.92. The molecule has 0 bridgehead atoms. The van der Waals surface area contributed by atoms with E-state index in [1.807, 2.05) is 32.9 Å². The molecule has 0 saturated heterocycles. The first-order valence-electron chi connectivity index (χ1n) is 7.09. The molecule has 0 aliphatic heterocycles. The van der Waals surface area contributed by atoms with E-state index in [1.54, 1.807) is 0 Å². The number of carboxylic acids is 1. The summed E-state index contributed by atoms with van der Waals surface area (Å²) in [5.74, 6) is -0.805. The van der Waals surface area contributed by atoms with Crippen LogP contribution in [0.2, 0.25) is 0 Å². The maximum Gasteiger partial charge on any atom is 0.321 e. The van der Waals surface area contributed by atoms with E-state index in [-0.39, 0.29) is 11.0 Å². The fourth-order valence-corrected chi connectivity index (χ4v) is 2.12. The molecule has 0 radical (unpaired) electrons. The van der Waals surface area contributed by atoms with Gasteiger partial charge in [-0.25, -0.2) is 0 Å². The smallest absolute Gasteiger partial charge is 0.321 e. The van der Waals surface area contributed by atoms with E-state index in [0.717, 1.165) is 5.56 Å². The summed E-state index contributed by atoms with van der Waals surface area (Å²) in [5, 5.41) is 12.5. The first-order valence-corrected chi connectivity index (χ1v) is 7.09. The molecule has 0 unspecified atom stereocenters. The predicted octanol–water partition coefficient (Wildman–Crippen LogP) is 3.37. The Morgan fingerprint density at radius 3 is 2.25 bits per heavy atom. The first-order chi connectivity index (χ1) is 8.99. The van der Waals surface area contributed by atoms with Crippen molar-refractivity contribution >= 4 is 5.97 Å². The molecule has 2 N–H and O–H groups in total. The number of benzene rings is 1. The SMILES string of the molecule is CC(C)(C)N[C@@H](Cc1cccc(C(C)(C)C)c1)C(=O)O. The highest BCUT2D eigenvalue weighted by molar-refractivity contribution is 5.74. The van der Waals surface area contributed by atoms with E-state index in [4.69, 9.17) is 0 Å². The molecule has 0 aliphatic rings. The van der Waals surface area contributed by atoms with Crippen LogP contribution in [0.1, 0.15) is 52.7 Å². The normalized spacial score (nSPS) is 14.1. The lowest BCUT2D eigenvalue weighted by molar-refractivity contribution is -0.140. The Kier molecular flexibility index (Phi) is 4.98. The summed E-state index contributed by atoms with van der Waals surface area (Å²) in [4.78, 5) is 11.4. The second-order valence-electron chi connectivity index (χ2n) is 7.44. The molecule has 1 aromatic carbocycles. The molecule has 1 atom stereocenters. The van der Waals surface area contributed by atoms with Gasteiger partial charge in [0.05, 0.1) is 0 Å². The number of aliphatic carboxylic acids is 1. The highest BCUT2D eigenvalue weighted by Gasteiger charge is 2.24. The molecule has 0 fully saturated rings. The van der Waals surface area contributed by atoms with Gasteiger partial charge in [-0.05, 0) is 43.7 Å². The van der Waals surface area contributed by atoms with Crippen molar-refractivity contribution in [1.29, 1.82) is 0 Å². The van der Waals surface area contributed by atoms with Gasteiger partial charge < -0.3 is 5.11 Å². The maximum absolute atomic E-state index is 11.4. The number of carbonyl (C=O) groups is 1. The van der Waals surface area contributed by atoms with E-state index in [0.29, 0.717) is 6.42 Å². The second kappa shape index (κ2) is 5.96. The predicted molar refractivity (Wildman–Crippen MR) is 83.2 cm³/mol. The molecule has 0 amide bonds. The molecule has 1 rings (SSSR count). The highest BCUT2D eigenvalue weighted by Crippen LogP contribution is 2.23. The molecule has 1 aromatic rings. The summed E-state index contributed by atoms with van der Waals surface area (Å²) < 4.78 is 0. The van der Waals surface area contributed by atoms with Crippen LogP contribution >= 0.6 is 0 Å². The molecule has 0 aliphatic carbocycles. The minimum absolute atomic E-state index is 0.0756. The largest absolute Gasteiger partial charge is 0.480 e. The Bertz CT molecular complexity index is 467. The van der Waals surface area contributed by atoms with Gasteiger partial charge >= 0.3 is 5.97 Å². The Morgan fingerprint density at radius 2 is 1.80 bits per heavy atom. The van der Waals surface area contributed by atoms with Crippen LogP contribution in [-0.4, -0.2) is 22.7 Å². The third kappa shape index (κ3) is 5.33. The standard InChI is InChI=1S/C17H27NO2/c1-16(2,3)13-9-7-8-12(10-13)11-14(15(19)20)18-17(4,5)6/h7-10,14,18H,11H2,1-6H3,(H,19,20)/t14-/m0/s1. The van der Waals surface area contributed by atoms with Gasteiger partial charge in [-0.3, -0.25) is 10.1 Å². The minimum atomic E-state index is -0.805. The average molecular weight is 277 g/mol. The van der Waals surface area contributed by atoms with Gasteiger partial charge in [0.2, 0.25) is 0 Å². The van der Waals surface area contributed by atoms with Crippen molar-refractivity contribution in [1.82, 2.24) is 5.32 Å². The van der Waals surface area contributed by atoms with Gasteiger partial charge in [-0.1, -0.05) is 45.0 Å². The molecule has 0 spiro atoms. The van der Waals surface area contributed by atoms with Crippen LogP contribution in [0.5, 0.6) is 0 Å². The maximum atomic E-state index is 11.4. The van der Waals surface area contributed by atoms with Crippen LogP contribution < -0.4 is 5.32 Å². The van der Waals surface area contributed by atoms with Gasteiger partial charge in [0.15, 0.2) is 0 Å². The van der Waals surface area contributed by atoms with Crippen molar-refractivity contribution in [3.63, 3.8) is 0 Å². The second-order valence-corrected chi connectivity index (χ2v) is 7.44. The van der Waals surface area contributed by atoms with Gasteiger partial charge in [-0.15, -0.1) is 0 Å². The highest BCUT2D eigenvalue weighted by atomic mass is 16.4. The molecule has 0 saturated carbocycles. The summed E-state index contributed by atoms with van der Waals surface area (Å²) in [7, 11) is 0. The summed E-state index contributed by atoms with van der Waals surface area (Å²) in [6.45, 7) is 12.4. The molecule has 0 aromatic heterocycles. The van der Waals surface area contributed by atoms with Crippen molar-refractivity contribution in [3.05, 3.63) is 35.4 Å². The van der Waals surface area contributed by atoms with E-state index in [1.165, 1.54) is 5.56 Å². The lowest BCUT2D eigenvalue weighted by Gasteiger charge is -2.26. The molecule has 3 nitrogen and oxygen atoms in total. The van der Waals surface area contributed by atoms with E-state index >= 15 is 0 Å². The van der Waals surface area contributed by atoms with Gasteiger partial charge in [0.25, 0.3) is 0 Å². The number of nitrogens with one attached hydrogen (secondary N) is 1. The Morgan fingerprint density at radius 1 is 1.20 bits per heavy atom. The van der Waals surface area contributed by atoms with Crippen LogP contribution in [0.4, 0.5) is 0 Å². The summed E-state index contributed by atoms with van der Waals surface area (Å²) in [5.41, 5.74) is 2.15. The Hall–Kier alpha value is -1.35. The molecular weight excluding hydrogens is 250 g/mol. The lowest BCUT2D eigenvalue weighted by atomic mass is 9.85. The summed E-state index contributed by atoms with van der Waals surface area (Å²) in [6, 6.07) is 7.64. The molecule has 20 heavy (non-hydrogen) atoms.